The van der Waals surface area contributed by atoms with Crippen molar-refractivity contribution in [3.63, 3.8) is 0 Å². The molecule has 9 heteroatoms. The van der Waals surface area contributed by atoms with E-state index >= 15 is 0 Å². The van der Waals surface area contributed by atoms with E-state index in [2.05, 4.69) is 24.3 Å². The van der Waals surface area contributed by atoms with Crippen molar-refractivity contribution in [2.75, 3.05) is 18.5 Å². The topological polar surface area (TPSA) is 92.7 Å². The molecule has 2 aromatic heterocycles. The molecular formula is C12H19N5O2S2. The zero-order chi connectivity index (χ0) is 15.2. The number of hydrogen-bond donors (Lipinski definition) is 2. The first kappa shape index (κ1) is 14.8. The van der Waals surface area contributed by atoms with Gasteiger partial charge in [0.25, 0.3) is 10.0 Å². The van der Waals surface area contributed by atoms with Gasteiger partial charge in [-0.25, -0.2) is 14.3 Å². The Balaban J connectivity index is 2.03. The Bertz CT molecular complexity index is 749. The molecule has 3 rings (SSSR count). The van der Waals surface area contributed by atoms with E-state index in [0.717, 1.165) is 6.42 Å². The van der Waals surface area contributed by atoms with Gasteiger partial charge in [-0.3, -0.25) is 4.40 Å². The van der Waals surface area contributed by atoms with Crippen molar-refractivity contribution in [3.8, 4) is 0 Å². The van der Waals surface area contributed by atoms with Crippen LogP contribution in [0.4, 0.5) is 5.82 Å². The highest BCUT2D eigenvalue weighted by Gasteiger charge is 2.37. The lowest BCUT2D eigenvalue weighted by Gasteiger charge is -2.18. The molecule has 116 valence electrons. The molecule has 0 bridgehead atoms. The number of sulfonamides is 1. The Morgan fingerprint density at radius 2 is 2.29 bits per heavy atom. The SMILES string of the molecule is CC(C)C1CCN(S(=O)(=O)c2c(NN)nc3sccn23)C1. The van der Waals surface area contributed by atoms with Crippen molar-refractivity contribution in [3.05, 3.63) is 11.6 Å². The van der Waals surface area contributed by atoms with E-state index < -0.39 is 10.0 Å². The van der Waals surface area contributed by atoms with E-state index in [9.17, 15) is 8.42 Å². The van der Waals surface area contributed by atoms with Gasteiger partial charge in [-0.15, -0.1) is 11.3 Å². The number of nitrogens with zero attached hydrogens (tertiary/aromatic N) is 3. The minimum absolute atomic E-state index is 0.130. The van der Waals surface area contributed by atoms with Crippen molar-refractivity contribution < 1.29 is 8.42 Å². The third-order valence-electron chi connectivity index (χ3n) is 4.07. The fraction of sp³-hybridized carbons (Fsp3) is 0.583. The highest BCUT2D eigenvalue weighted by molar-refractivity contribution is 7.89. The molecule has 1 unspecified atom stereocenters. The van der Waals surface area contributed by atoms with Crippen LogP contribution in [0.3, 0.4) is 0 Å². The lowest BCUT2D eigenvalue weighted by atomic mass is 9.96. The predicted octanol–water partition coefficient (Wildman–Crippen LogP) is 1.35. The molecule has 3 heterocycles. The summed E-state index contributed by atoms with van der Waals surface area (Å²) in [7, 11) is -3.60. The van der Waals surface area contributed by atoms with Crippen LogP contribution < -0.4 is 11.3 Å². The van der Waals surface area contributed by atoms with E-state index in [0.29, 0.717) is 29.9 Å². The van der Waals surface area contributed by atoms with Gasteiger partial charge in [-0.05, 0) is 18.3 Å². The molecule has 1 fully saturated rings. The number of nitrogen functional groups attached to an aromatic ring is 1. The normalized spacial score (nSPS) is 20.7. The van der Waals surface area contributed by atoms with Gasteiger partial charge in [0, 0.05) is 24.7 Å². The number of imidazole rings is 1. The first-order chi connectivity index (χ1) is 9.95. The first-order valence-electron chi connectivity index (χ1n) is 6.87. The molecule has 1 saturated heterocycles. The van der Waals surface area contributed by atoms with Crippen molar-refractivity contribution in [2.24, 2.45) is 17.7 Å². The minimum Gasteiger partial charge on any atom is -0.306 e. The van der Waals surface area contributed by atoms with Gasteiger partial charge < -0.3 is 5.43 Å². The van der Waals surface area contributed by atoms with Gasteiger partial charge in [0.15, 0.2) is 10.8 Å². The Hall–Kier alpha value is -1.16. The van der Waals surface area contributed by atoms with Gasteiger partial charge in [0.2, 0.25) is 5.03 Å². The molecular weight excluding hydrogens is 310 g/mol. The Kier molecular flexibility index (Phi) is 3.68. The number of nitrogens with one attached hydrogen (secondary N) is 1. The Labute approximate surface area is 127 Å². The molecule has 0 spiro atoms. The maximum absolute atomic E-state index is 12.9. The van der Waals surface area contributed by atoms with Crippen molar-refractivity contribution in [1.29, 1.82) is 0 Å². The summed E-state index contributed by atoms with van der Waals surface area (Å²) in [5.74, 6) is 6.52. The standard InChI is InChI=1S/C12H19N5O2S2/c1-8(2)9-3-4-16(7-9)21(18,19)11-10(15-13)14-12-17(11)5-6-20-12/h5-6,8-9,15H,3-4,7,13H2,1-2H3. The maximum Gasteiger partial charge on any atom is 0.262 e. The van der Waals surface area contributed by atoms with E-state index in [1.54, 1.807) is 14.9 Å². The maximum atomic E-state index is 12.9. The second kappa shape index (κ2) is 5.24. The molecule has 1 aliphatic heterocycles. The molecule has 2 aromatic rings. The monoisotopic (exact) mass is 329 g/mol. The summed E-state index contributed by atoms with van der Waals surface area (Å²) in [5, 5.41) is 1.94. The van der Waals surface area contributed by atoms with Gasteiger partial charge in [-0.1, -0.05) is 13.8 Å². The van der Waals surface area contributed by atoms with Crippen LogP contribution in [0.2, 0.25) is 0 Å². The zero-order valence-corrected chi connectivity index (χ0v) is 13.6. The Morgan fingerprint density at radius 3 is 2.90 bits per heavy atom. The Morgan fingerprint density at radius 1 is 1.52 bits per heavy atom. The van der Waals surface area contributed by atoms with Crippen LogP contribution in [0.15, 0.2) is 16.6 Å². The van der Waals surface area contributed by atoms with Gasteiger partial charge >= 0.3 is 0 Å². The molecule has 1 atom stereocenters. The largest absolute Gasteiger partial charge is 0.306 e. The molecule has 21 heavy (non-hydrogen) atoms. The van der Waals surface area contributed by atoms with Gasteiger partial charge in [-0.2, -0.15) is 9.29 Å². The molecule has 7 nitrogen and oxygen atoms in total. The minimum atomic E-state index is -3.60. The zero-order valence-electron chi connectivity index (χ0n) is 12.0. The van der Waals surface area contributed by atoms with Gasteiger partial charge in [0.1, 0.15) is 0 Å². The number of hydrogen-bond acceptors (Lipinski definition) is 6. The van der Waals surface area contributed by atoms with Gasteiger partial charge in [0.05, 0.1) is 0 Å². The van der Waals surface area contributed by atoms with E-state index in [1.807, 2.05) is 5.38 Å². The molecule has 0 amide bonds. The predicted molar refractivity (Wildman–Crippen MR) is 82.6 cm³/mol. The average molecular weight is 329 g/mol. The van der Waals surface area contributed by atoms with Crippen LogP contribution in [-0.4, -0.2) is 35.2 Å². The van der Waals surface area contributed by atoms with E-state index in [-0.39, 0.29) is 10.8 Å². The van der Waals surface area contributed by atoms with Crippen LogP contribution in [0.1, 0.15) is 20.3 Å². The number of thiazole rings is 1. The molecule has 0 aromatic carbocycles. The lowest BCUT2D eigenvalue weighted by Crippen LogP contribution is -2.31. The summed E-state index contributed by atoms with van der Waals surface area (Å²) < 4.78 is 29.0. The van der Waals surface area contributed by atoms with Crippen molar-refractivity contribution >= 4 is 32.1 Å². The summed E-state index contributed by atoms with van der Waals surface area (Å²) in [4.78, 5) is 4.83. The van der Waals surface area contributed by atoms with Crippen LogP contribution in [0.5, 0.6) is 0 Å². The second-order valence-corrected chi connectivity index (χ2v) is 8.35. The highest BCUT2D eigenvalue weighted by atomic mass is 32.2. The molecule has 0 saturated carbocycles. The summed E-state index contributed by atoms with van der Waals surface area (Å²) in [6.45, 7) is 5.36. The first-order valence-corrected chi connectivity index (χ1v) is 9.19. The van der Waals surface area contributed by atoms with Crippen LogP contribution >= 0.6 is 11.3 Å². The van der Waals surface area contributed by atoms with Crippen LogP contribution in [0, 0.1) is 11.8 Å². The molecule has 1 aliphatic rings. The quantitative estimate of drug-likeness (QED) is 0.652. The molecule has 0 aliphatic carbocycles. The molecule has 0 radical (unpaired) electrons. The number of anilines is 1. The fourth-order valence-electron chi connectivity index (χ4n) is 2.74. The number of rotatable bonds is 4. The van der Waals surface area contributed by atoms with Crippen molar-refractivity contribution in [2.45, 2.75) is 25.3 Å². The lowest BCUT2D eigenvalue weighted by molar-refractivity contribution is 0.388. The summed E-state index contributed by atoms with van der Waals surface area (Å²) in [6.07, 6.45) is 2.60. The van der Waals surface area contributed by atoms with E-state index in [4.69, 9.17) is 5.84 Å². The average Bonchev–Trinajstić information content (AvgIpc) is 3.12. The number of aromatic nitrogens is 2. The highest BCUT2D eigenvalue weighted by Crippen LogP contribution is 2.32. The third kappa shape index (κ3) is 2.33. The summed E-state index contributed by atoms with van der Waals surface area (Å²) >= 11 is 1.38. The second-order valence-electron chi connectivity index (χ2n) is 5.62. The van der Waals surface area contributed by atoms with Crippen LogP contribution in [0.25, 0.3) is 4.96 Å². The fourth-order valence-corrected chi connectivity index (χ4v) is 5.24. The molecule has 3 N–H and O–H groups in total. The van der Waals surface area contributed by atoms with E-state index in [1.165, 1.54) is 11.3 Å². The summed E-state index contributed by atoms with van der Waals surface area (Å²) in [5.41, 5.74) is 2.40. The number of fused-ring (bicyclic) bond motifs is 1. The smallest absolute Gasteiger partial charge is 0.262 e. The summed E-state index contributed by atoms with van der Waals surface area (Å²) in [6, 6.07) is 0. The third-order valence-corrected chi connectivity index (χ3v) is 6.72. The van der Waals surface area contributed by atoms with Crippen molar-refractivity contribution in [1.82, 2.24) is 13.7 Å². The number of hydrazine groups is 1. The number of nitrogens with two attached hydrogens (primary N) is 1. The van der Waals surface area contributed by atoms with Crippen LogP contribution in [-0.2, 0) is 10.0 Å².